The van der Waals surface area contributed by atoms with E-state index >= 15 is 0 Å². The maximum atomic E-state index is 13.9. The van der Waals surface area contributed by atoms with Gasteiger partial charge in [0.05, 0.1) is 18.7 Å². The highest BCUT2D eigenvalue weighted by atomic mass is 19.2. The number of carboxylic acid groups (broad SMARTS) is 1. The van der Waals surface area contributed by atoms with E-state index in [9.17, 15) is 23.2 Å². The van der Waals surface area contributed by atoms with E-state index in [1.165, 1.54) is 6.07 Å². The molecule has 43 heavy (non-hydrogen) atoms. The fourth-order valence-electron chi connectivity index (χ4n) is 3.59. The Bertz CT molecular complexity index is 1300. The SMILES string of the molecule is C=N/C(C=O)=C\N1C=CC=NC1.CC(C)C.CNCC(=O)c1cc(-c2c(C)cc(C)cc2C)cc(F)c1F.NCC(=O)O. The number of carboxylic acids is 1. The predicted molar refractivity (Wildman–Crippen MR) is 169 cm³/mol. The summed E-state index contributed by atoms with van der Waals surface area (Å²) in [6.45, 7) is 15.8. The molecule has 0 bridgehead atoms. The van der Waals surface area contributed by atoms with E-state index in [4.69, 9.17) is 5.11 Å². The summed E-state index contributed by atoms with van der Waals surface area (Å²) in [7, 11) is 1.59. The molecule has 1 heterocycles. The van der Waals surface area contributed by atoms with Crippen LogP contribution in [0, 0.1) is 38.3 Å². The first-order valence-corrected chi connectivity index (χ1v) is 13.4. The summed E-state index contributed by atoms with van der Waals surface area (Å²) in [5.41, 5.74) is 9.05. The lowest BCUT2D eigenvalue weighted by atomic mass is 9.92. The van der Waals surface area contributed by atoms with Crippen molar-refractivity contribution in [3.8, 4) is 11.1 Å². The Morgan fingerprint density at radius 2 is 1.72 bits per heavy atom. The van der Waals surface area contributed by atoms with Crippen molar-refractivity contribution < 1.29 is 28.3 Å². The Morgan fingerprint density at radius 3 is 2.14 bits per heavy atom. The van der Waals surface area contributed by atoms with Gasteiger partial charge in [-0.2, -0.15) is 0 Å². The summed E-state index contributed by atoms with van der Waals surface area (Å²) < 4.78 is 27.8. The smallest absolute Gasteiger partial charge is 0.317 e. The number of Topliss-reactive ketones (excluding diaryl/α,β-unsaturated/α-hetero) is 1. The monoisotopic (exact) mass is 599 g/mol. The minimum Gasteiger partial charge on any atom is -0.480 e. The molecule has 0 saturated heterocycles. The van der Waals surface area contributed by atoms with Crippen molar-refractivity contribution in [2.45, 2.75) is 41.5 Å². The van der Waals surface area contributed by atoms with Crippen LogP contribution in [0.5, 0.6) is 0 Å². The second-order valence-corrected chi connectivity index (χ2v) is 10.0. The number of nitrogens with one attached hydrogen (secondary N) is 1. The van der Waals surface area contributed by atoms with E-state index in [1.54, 1.807) is 30.4 Å². The van der Waals surface area contributed by atoms with Crippen LogP contribution in [-0.2, 0) is 9.59 Å². The van der Waals surface area contributed by atoms with Crippen molar-refractivity contribution in [2.75, 3.05) is 26.8 Å². The highest BCUT2D eigenvalue weighted by molar-refractivity contribution is 5.99. The van der Waals surface area contributed by atoms with E-state index in [-0.39, 0.29) is 18.7 Å². The number of aliphatic carboxylic acids is 1. The minimum absolute atomic E-state index is 0.0360. The van der Waals surface area contributed by atoms with Crippen molar-refractivity contribution in [1.82, 2.24) is 10.2 Å². The van der Waals surface area contributed by atoms with Crippen LogP contribution in [0.25, 0.3) is 11.1 Å². The van der Waals surface area contributed by atoms with Crippen LogP contribution in [0.4, 0.5) is 8.78 Å². The Balaban J connectivity index is 0.000000699. The van der Waals surface area contributed by atoms with Crippen LogP contribution in [-0.4, -0.2) is 67.8 Å². The first-order chi connectivity index (χ1) is 20.2. The van der Waals surface area contributed by atoms with E-state index in [0.717, 1.165) is 34.2 Å². The molecule has 1 aliphatic heterocycles. The summed E-state index contributed by atoms with van der Waals surface area (Å²) in [5.74, 6) is -2.70. The number of aliphatic imine (C=N–C) groups is 2. The number of carbonyl (C=O) groups excluding carboxylic acids is 2. The van der Waals surface area contributed by atoms with Crippen molar-refractivity contribution in [1.29, 1.82) is 0 Å². The van der Waals surface area contributed by atoms with Crippen LogP contribution >= 0.6 is 0 Å². The summed E-state index contributed by atoms with van der Waals surface area (Å²) in [6.07, 6.45) is 7.53. The number of nitrogens with two attached hydrogens (primary N) is 1. The minimum atomic E-state index is -1.09. The zero-order valence-corrected chi connectivity index (χ0v) is 25.9. The maximum absolute atomic E-state index is 13.9. The largest absolute Gasteiger partial charge is 0.480 e. The quantitative estimate of drug-likeness (QED) is 0.163. The molecule has 0 radical (unpaired) electrons. The lowest BCUT2D eigenvalue weighted by Gasteiger charge is -2.14. The van der Waals surface area contributed by atoms with E-state index in [1.807, 2.05) is 39.1 Å². The number of halogens is 2. The first kappa shape index (κ1) is 38.6. The van der Waals surface area contributed by atoms with Gasteiger partial charge in [0.25, 0.3) is 0 Å². The fourth-order valence-corrected chi connectivity index (χ4v) is 3.59. The molecule has 234 valence electrons. The lowest BCUT2D eigenvalue weighted by Crippen LogP contribution is -2.20. The highest BCUT2D eigenvalue weighted by Gasteiger charge is 2.19. The molecule has 0 aromatic heterocycles. The molecule has 0 fully saturated rings. The normalized spacial score (nSPS) is 11.8. The van der Waals surface area contributed by atoms with Crippen LogP contribution in [0.3, 0.4) is 0 Å². The van der Waals surface area contributed by atoms with Gasteiger partial charge >= 0.3 is 5.97 Å². The molecule has 2 aromatic rings. The standard InChI is InChI=1S/C18H19F2NO.C8H9N3O.C4H10.C2H5NO2/c1-10-5-11(2)17(12(3)6-10)13-7-14(16(22)9-21-4)18(20)15(19)8-13;1-9-8(6-12)5-11-4-2-3-10-7-11;1-4(2)3;3-1-2(4)5/h5-8,21H,9H2,1-4H3;2-6H,1,7H2;4H,1-3H3;1,3H2,(H,4,5)/b;8-5-;;. The molecule has 3 rings (SSSR count). The average molecular weight is 600 g/mol. The lowest BCUT2D eigenvalue weighted by molar-refractivity contribution is -0.135. The first-order valence-electron chi connectivity index (χ1n) is 13.4. The summed E-state index contributed by atoms with van der Waals surface area (Å²) in [5, 5.41) is 10.3. The molecule has 0 saturated carbocycles. The third-order valence-corrected chi connectivity index (χ3v) is 5.12. The number of hydrogen-bond acceptors (Lipinski definition) is 8. The van der Waals surface area contributed by atoms with Gasteiger partial charge in [-0.05, 0) is 80.9 Å². The average Bonchev–Trinajstić information content (AvgIpc) is 2.94. The Hall–Kier alpha value is -4.35. The second kappa shape index (κ2) is 20.5. The number of rotatable bonds is 8. The van der Waals surface area contributed by atoms with Gasteiger partial charge in [-0.15, -0.1) is 0 Å². The number of likely N-dealkylation sites (N-methyl/N-ethyl adjacent to an activating group) is 1. The highest BCUT2D eigenvalue weighted by Crippen LogP contribution is 2.31. The van der Waals surface area contributed by atoms with Crippen molar-refractivity contribution in [2.24, 2.45) is 21.6 Å². The molecular weight excluding hydrogens is 556 g/mol. The van der Waals surface area contributed by atoms with Gasteiger partial charge in [0.1, 0.15) is 12.4 Å². The number of ketones is 1. The molecule has 0 aliphatic carbocycles. The predicted octanol–water partition coefficient (Wildman–Crippen LogP) is 5.24. The molecule has 0 unspecified atom stereocenters. The van der Waals surface area contributed by atoms with Gasteiger partial charge < -0.3 is 21.1 Å². The number of aryl methyl sites for hydroxylation is 3. The summed E-state index contributed by atoms with van der Waals surface area (Å²) in [4.78, 5) is 40.8. The van der Waals surface area contributed by atoms with E-state index in [0.29, 0.717) is 24.2 Å². The summed E-state index contributed by atoms with van der Waals surface area (Å²) in [6, 6.07) is 6.55. The van der Waals surface area contributed by atoms with Gasteiger partial charge in [-0.1, -0.05) is 38.5 Å². The third-order valence-electron chi connectivity index (χ3n) is 5.12. The molecule has 1 aliphatic rings. The maximum Gasteiger partial charge on any atom is 0.317 e. The number of hydrogen-bond donors (Lipinski definition) is 3. The fraction of sp³-hybridized carbons (Fsp3) is 0.344. The van der Waals surface area contributed by atoms with Crippen molar-refractivity contribution in [3.63, 3.8) is 0 Å². The van der Waals surface area contributed by atoms with Crippen LogP contribution in [0.15, 0.2) is 58.4 Å². The van der Waals surface area contributed by atoms with Gasteiger partial charge in [0.15, 0.2) is 23.7 Å². The van der Waals surface area contributed by atoms with Gasteiger partial charge in [-0.3, -0.25) is 24.4 Å². The van der Waals surface area contributed by atoms with Crippen molar-refractivity contribution >= 4 is 31.0 Å². The van der Waals surface area contributed by atoms with Crippen LogP contribution in [0.2, 0.25) is 0 Å². The number of carbonyl (C=O) groups is 3. The number of allylic oxidation sites excluding steroid dienone is 2. The van der Waals surface area contributed by atoms with Gasteiger partial charge in [0.2, 0.25) is 0 Å². The summed E-state index contributed by atoms with van der Waals surface area (Å²) >= 11 is 0. The Kier molecular flexibility index (Phi) is 18.4. The van der Waals surface area contributed by atoms with Crippen LogP contribution < -0.4 is 11.1 Å². The van der Waals surface area contributed by atoms with E-state index in [2.05, 4.69) is 48.5 Å². The molecule has 0 amide bonds. The molecule has 11 heteroatoms. The third kappa shape index (κ3) is 14.9. The zero-order chi connectivity index (χ0) is 33.1. The number of benzene rings is 2. The molecule has 0 spiro atoms. The Morgan fingerprint density at radius 1 is 1.16 bits per heavy atom. The number of aldehydes is 1. The topological polar surface area (TPSA) is 137 Å². The molecule has 0 atom stereocenters. The molecule has 2 aromatic carbocycles. The second-order valence-electron chi connectivity index (χ2n) is 10.0. The molecule has 4 N–H and O–H groups in total. The van der Waals surface area contributed by atoms with Gasteiger partial charge in [0, 0.05) is 18.6 Å². The van der Waals surface area contributed by atoms with E-state index < -0.39 is 23.4 Å². The Labute approximate surface area is 252 Å². The number of nitrogens with zero attached hydrogens (tertiary/aromatic N) is 3. The van der Waals surface area contributed by atoms with Crippen molar-refractivity contribution in [3.05, 3.63) is 82.3 Å². The zero-order valence-electron chi connectivity index (χ0n) is 25.9. The van der Waals surface area contributed by atoms with Gasteiger partial charge in [-0.25, -0.2) is 8.78 Å². The van der Waals surface area contributed by atoms with Crippen LogP contribution in [0.1, 0.15) is 47.8 Å². The molecule has 9 nitrogen and oxygen atoms in total. The molecular formula is C32H43F2N5O4.